The van der Waals surface area contributed by atoms with Gasteiger partial charge in [0.05, 0.1) is 4.90 Å². The summed E-state index contributed by atoms with van der Waals surface area (Å²) in [5.74, 6) is -0.00918. The molecule has 3 rings (SSSR count). The highest BCUT2D eigenvalue weighted by atomic mass is 32.2. The highest BCUT2D eigenvalue weighted by molar-refractivity contribution is 7.89. The SMILES string of the molecule is CC(=O)N1CCc2cc(S(=O)(=O)N3CCNC[C@@H]3C)ccc21. The number of sulfonamides is 1. The molecule has 2 heterocycles. The number of anilines is 1. The summed E-state index contributed by atoms with van der Waals surface area (Å²) in [6.07, 6.45) is 0.704. The van der Waals surface area contributed by atoms with Gasteiger partial charge >= 0.3 is 0 Å². The lowest BCUT2D eigenvalue weighted by molar-refractivity contribution is -0.116. The summed E-state index contributed by atoms with van der Waals surface area (Å²) in [4.78, 5) is 13.6. The molecule has 120 valence electrons. The lowest BCUT2D eigenvalue weighted by atomic mass is 10.2. The quantitative estimate of drug-likeness (QED) is 0.864. The number of benzene rings is 1. The Hall–Kier alpha value is -1.44. The normalized spacial score (nSPS) is 22.6. The Balaban J connectivity index is 1.94. The van der Waals surface area contributed by atoms with E-state index in [2.05, 4.69) is 5.32 Å². The number of amides is 1. The summed E-state index contributed by atoms with van der Waals surface area (Å²) < 4.78 is 27.2. The number of rotatable bonds is 2. The zero-order valence-corrected chi connectivity index (χ0v) is 13.7. The van der Waals surface area contributed by atoms with E-state index in [4.69, 9.17) is 0 Å². The zero-order valence-electron chi connectivity index (χ0n) is 12.9. The average molecular weight is 323 g/mol. The molecule has 1 aromatic rings. The third kappa shape index (κ3) is 2.53. The summed E-state index contributed by atoms with van der Waals surface area (Å²) in [7, 11) is -3.48. The summed E-state index contributed by atoms with van der Waals surface area (Å²) >= 11 is 0. The fourth-order valence-corrected chi connectivity index (χ4v) is 4.86. The zero-order chi connectivity index (χ0) is 15.9. The molecule has 0 saturated carbocycles. The van der Waals surface area contributed by atoms with E-state index in [1.165, 1.54) is 6.92 Å². The Kier molecular flexibility index (Phi) is 3.96. The Labute approximate surface area is 131 Å². The van der Waals surface area contributed by atoms with E-state index in [0.717, 1.165) is 11.3 Å². The molecule has 1 aromatic carbocycles. The van der Waals surface area contributed by atoms with Crippen LogP contribution >= 0.6 is 0 Å². The van der Waals surface area contributed by atoms with Crippen LogP contribution in [0.5, 0.6) is 0 Å². The molecule has 1 atom stereocenters. The van der Waals surface area contributed by atoms with Crippen molar-refractivity contribution < 1.29 is 13.2 Å². The van der Waals surface area contributed by atoms with Crippen molar-refractivity contribution in [1.29, 1.82) is 0 Å². The van der Waals surface area contributed by atoms with E-state index in [1.807, 2.05) is 6.92 Å². The van der Waals surface area contributed by atoms with Gasteiger partial charge in [-0.2, -0.15) is 4.31 Å². The van der Waals surface area contributed by atoms with Crippen molar-refractivity contribution >= 4 is 21.6 Å². The van der Waals surface area contributed by atoms with Crippen LogP contribution in [0.1, 0.15) is 19.4 Å². The molecule has 0 aliphatic carbocycles. The summed E-state index contributed by atoms with van der Waals surface area (Å²) in [5.41, 5.74) is 1.76. The molecule has 2 aliphatic rings. The van der Waals surface area contributed by atoms with Crippen LogP contribution in [0.4, 0.5) is 5.69 Å². The van der Waals surface area contributed by atoms with E-state index in [9.17, 15) is 13.2 Å². The van der Waals surface area contributed by atoms with Gasteiger partial charge in [0.1, 0.15) is 0 Å². The summed E-state index contributed by atoms with van der Waals surface area (Å²) in [6.45, 7) is 5.89. The minimum Gasteiger partial charge on any atom is -0.314 e. The molecular formula is C15H21N3O3S. The summed E-state index contributed by atoms with van der Waals surface area (Å²) in [5, 5.41) is 3.20. The van der Waals surface area contributed by atoms with Crippen LogP contribution in [0.15, 0.2) is 23.1 Å². The van der Waals surface area contributed by atoms with E-state index < -0.39 is 10.0 Å². The van der Waals surface area contributed by atoms with Crippen molar-refractivity contribution in [3.8, 4) is 0 Å². The maximum atomic E-state index is 12.8. The predicted octanol–water partition coefficient (Wildman–Crippen LogP) is 0.578. The average Bonchev–Trinajstić information content (AvgIpc) is 2.90. The fourth-order valence-electron chi connectivity index (χ4n) is 3.18. The van der Waals surface area contributed by atoms with E-state index in [-0.39, 0.29) is 11.9 Å². The second kappa shape index (κ2) is 5.64. The third-order valence-corrected chi connectivity index (χ3v) is 6.38. The second-order valence-electron chi connectivity index (χ2n) is 5.88. The van der Waals surface area contributed by atoms with Gasteiger partial charge in [0.15, 0.2) is 0 Å². The van der Waals surface area contributed by atoms with Crippen molar-refractivity contribution in [1.82, 2.24) is 9.62 Å². The van der Waals surface area contributed by atoms with Crippen molar-refractivity contribution in [2.45, 2.75) is 31.2 Å². The van der Waals surface area contributed by atoms with Gasteiger partial charge < -0.3 is 10.2 Å². The molecule has 0 spiro atoms. The van der Waals surface area contributed by atoms with Gasteiger partial charge in [0.2, 0.25) is 15.9 Å². The number of hydrogen-bond acceptors (Lipinski definition) is 4. The van der Waals surface area contributed by atoms with Gasteiger partial charge in [-0.3, -0.25) is 4.79 Å². The van der Waals surface area contributed by atoms with Crippen molar-refractivity contribution in [3.05, 3.63) is 23.8 Å². The first-order valence-corrected chi connectivity index (χ1v) is 8.99. The predicted molar refractivity (Wildman–Crippen MR) is 84.4 cm³/mol. The van der Waals surface area contributed by atoms with Crippen LogP contribution in [0.2, 0.25) is 0 Å². The van der Waals surface area contributed by atoms with Crippen molar-refractivity contribution in [2.24, 2.45) is 0 Å². The lowest BCUT2D eigenvalue weighted by Crippen LogP contribution is -2.52. The smallest absolute Gasteiger partial charge is 0.243 e. The minimum atomic E-state index is -3.48. The molecule has 1 amide bonds. The fraction of sp³-hybridized carbons (Fsp3) is 0.533. The minimum absolute atomic E-state index is 0.00918. The number of nitrogens with one attached hydrogen (secondary N) is 1. The Morgan fingerprint density at radius 2 is 2.09 bits per heavy atom. The van der Waals surface area contributed by atoms with Crippen LogP contribution in [0.3, 0.4) is 0 Å². The first-order chi connectivity index (χ1) is 10.4. The Morgan fingerprint density at radius 3 is 2.77 bits per heavy atom. The molecule has 22 heavy (non-hydrogen) atoms. The molecule has 2 aliphatic heterocycles. The number of piperazine rings is 1. The highest BCUT2D eigenvalue weighted by Gasteiger charge is 2.32. The van der Waals surface area contributed by atoms with Gasteiger partial charge in [-0.1, -0.05) is 0 Å². The topological polar surface area (TPSA) is 69.7 Å². The molecule has 1 N–H and O–H groups in total. The molecule has 6 nitrogen and oxygen atoms in total. The molecular weight excluding hydrogens is 302 g/mol. The third-order valence-electron chi connectivity index (χ3n) is 4.37. The molecule has 0 radical (unpaired) electrons. The van der Waals surface area contributed by atoms with Crippen LogP contribution < -0.4 is 10.2 Å². The monoisotopic (exact) mass is 323 g/mol. The molecule has 1 saturated heterocycles. The maximum Gasteiger partial charge on any atom is 0.243 e. The number of carbonyl (C=O) groups excluding carboxylic acids is 1. The van der Waals surface area contributed by atoms with Gasteiger partial charge in [-0.25, -0.2) is 8.42 Å². The number of fused-ring (bicyclic) bond motifs is 1. The second-order valence-corrected chi connectivity index (χ2v) is 7.77. The molecule has 7 heteroatoms. The molecule has 1 fully saturated rings. The van der Waals surface area contributed by atoms with Crippen molar-refractivity contribution in [2.75, 3.05) is 31.1 Å². The largest absolute Gasteiger partial charge is 0.314 e. The lowest BCUT2D eigenvalue weighted by Gasteiger charge is -2.33. The Morgan fingerprint density at radius 1 is 1.32 bits per heavy atom. The number of carbonyl (C=O) groups is 1. The van der Waals surface area contributed by atoms with Crippen LogP contribution in [0, 0.1) is 0 Å². The van der Waals surface area contributed by atoms with Gasteiger partial charge in [-0.05, 0) is 37.1 Å². The van der Waals surface area contributed by atoms with E-state index in [1.54, 1.807) is 27.4 Å². The molecule has 0 unspecified atom stereocenters. The maximum absolute atomic E-state index is 12.8. The standard InChI is InChI=1S/C15H21N3O3S/c1-11-10-16-6-8-18(11)22(20,21)14-3-4-15-13(9-14)5-7-17(15)12(2)19/h3-4,9,11,16H,5-8,10H2,1-2H3/t11-/m0/s1. The molecule has 0 aromatic heterocycles. The highest BCUT2D eigenvalue weighted by Crippen LogP contribution is 2.31. The van der Waals surface area contributed by atoms with Crippen LogP contribution in [-0.4, -0.2) is 50.9 Å². The van der Waals surface area contributed by atoms with Gasteiger partial charge in [0.25, 0.3) is 0 Å². The first kappa shape index (κ1) is 15.5. The number of hydrogen-bond donors (Lipinski definition) is 1. The molecule has 0 bridgehead atoms. The Bertz CT molecular complexity index is 702. The van der Waals surface area contributed by atoms with Crippen LogP contribution in [-0.2, 0) is 21.2 Å². The van der Waals surface area contributed by atoms with E-state index in [0.29, 0.717) is 37.5 Å². The van der Waals surface area contributed by atoms with Gasteiger partial charge in [-0.15, -0.1) is 0 Å². The van der Waals surface area contributed by atoms with Crippen LogP contribution in [0.25, 0.3) is 0 Å². The van der Waals surface area contributed by atoms with Crippen molar-refractivity contribution in [3.63, 3.8) is 0 Å². The van der Waals surface area contributed by atoms with E-state index >= 15 is 0 Å². The summed E-state index contributed by atoms with van der Waals surface area (Å²) in [6, 6.07) is 5.04. The number of nitrogens with zero attached hydrogens (tertiary/aromatic N) is 2. The van der Waals surface area contributed by atoms with Gasteiger partial charge in [0, 0.05) is 44.8 Å². The first-order valence-electron chi connectivity index (χ1n) is 7.55.